The van der Waals surface area contributed by atoms with Crippen molar-refractivity contribution in [3.63, 3.8) is 0 Å². The lowest BCUT2D eigenvalue weighted by Gasteiger charge is -2.45. The fraction of sp³-hybridized carbons (Fsp3) is 0.200. The number of anilines is 6. The third kappa shape index (κ3) is 4.13. The summed E-state index contributed by atoms with van der Waals surface area (Å²) in [5.41, 5.74) is 14.2. The summed E-state index contributed by atoms with van der Waals surface area (Å²) in [6.07, 6.45) is 2.28. The Hall–Kier alpha value is -5.42. The van der Waals surface area contributed by atoms with Crippen LogP contribution in [0.15, 0.2) is 121 Å². The van der Waals surface area contributed by atoms with Crippen molar-refractivity contribution in [1.82, 2.24) is 0 Å². The maximum atomic E-state index is 7.28. The summed E-state index contributed by atoms with van der Waals surface area (Å²) >= 11 is 0. The Morgan fingerprint density at radius 3 is 1.78 bits per heavy atom. The number of hydrogen-bond acceptors (Lipinski definition) is 4. The molecule has 0 spiro atoms. The Bertz CT molecular complexity index is 2330. The highest BCUT2D eigenvalue weighted by Gasteiger charge is 2.46. The molecule has 0 unspecified atom stereocenters. The Morgan fingerprint density at radius 2 is 1.12 bits per heavy atom. The van der Waals surface area contributed by atoms with Gasteiger partial charge in [0.15, 0.2) is 0 Å². The van der Waals surface area contributed by atoms with Gasteiger partial charge < -0.3 is 19.3 Å². The van der Waals surface area contributed by atoms with Gasteiger partial charge in [0.2, 0.25) is 0 Å². The molecule has 0 fully saturated rings. The van der Waals surface area contributed by atoms with Gasteiger partial charge in [-0.2, -0.15) is 0 Å². The van der Waals surface area contributed by atoms with Crippen molar-refractivity contribution in [2.45, 2.75) is 58.3 Å². The van der Waals surface area contributed by atoms with Gasteiger partial charge in [-0.3, -0.25) is 0 Å². The average molecular weight is 651 g/mol. The molecule has 6 aromatic rings. The topological polar surface area (TPSA) is 24.9 Å². The first kappa shape index (κ1) is 29.5. The molecule has 0 radical (unpaired) electrons. The van der Waals surface area contributed by atoms with Crippen molar-refractivity contribution >= 4 is 57.2 Å². The highest BCUT2D eigenvalue weighted by molar-refractivity contribution is 6.98. The predicted octanol–water partition coefficient (Wildman–Crippen LogP) is 10.3. The van der Waals surface area contributed by atoms with Gasteiger partial charge in [-0.25, -0.2) is 0 Å². The van der Waals surface area contributed by atoms with Crippen molar-refractivity contribution in [2.75, 3.05) is 9.80 Å². The van der Waals surface area contributed by atoms with Crippen LogP contribution in [0.1, 0.15) is 57.2 Å². The molecule has 4 aliphatic rings. The minimum atomic E-state index is -0.0135. The van der Waals surface area contributed by atoms with Crippen molar-refractivity contribution in [3.8, 4) is 23.0 Å². The van der Waals surface area contributed by atoms with Crippen LogP contribution in [0.3, 0.4) is 0 Å². The SMILES string of the molecule is Cc1ccc2c(c1)B1c3ccc4c(c3Oc3cc(N5c6ccccc6N(c6ccccc6)c6ccccc65)cc(c31)O2)C(C)(C)CCC4(C)C. The van der Waals surface area contributed by atoms with Gasteiger partial charge in [-0.05, 0) is 89.5 Å². The molecule has 0 amide bonds. The maximum Gasteiger partial charge on any atom is 0.260 e. The molecule has 0 aromatic heterocycles. The van der Waals surface area contributed by atoms with E-state index in [2.05, 4.69) is 166 Å². The summed E-state index contributed by atoms with van der Waals surface area (Å²) in [7, 11) is 0. The smallest absolute Gasteiger partial charge is 0.260 e. The molecule has 4 nitrogen and oxygen atoms in total. The van der Waals surface area contributed by atoms with E-state index < -0.39 is 0 Å². The third-order valence-corrected chi connectivity index (χ3v) is 11.6. The van der Waals surface area contributed by atoms with E-state index in [1.807, 2.05) is 0 Å². The average Bonchev–Trinajstić information content (AvgIpc) is 3.12. The van der Waals surface area contributed by atoms with Gasteiger partial charge in [-0.15, -0.1) is 0 Å². The molecule has 0 N–H and O–H groups in total. The normalized spacial score (nSPS) is 16.9. The highest BCUT2D eigenvalue weighted by atomic mass is 16.5. The molecular formula is C45H39BN2O2. The monoisotopic (exact) mass is 650 g/mol. The number of ether oxygens (including phenoxy) is 2. The minimum absolute atomic E-state index is 0.0135. The molecule has 3 aliphatic heterocycles. The number of aryl methyl sites for hydroxylation is 1. The fourth-order valence-corrected chi connectivity index (χ4v) is 9.00. The number of para-hydroxylation sites is 5. The standard InChI is InChI=1S/C45H39BN2O2/c1-28-19-22-38-33(25-28)46-32-21-20-31-41(45(4,5)24-23-44(31,2)3)43(32)50-40-27-30(26-39(49-38)42(40)46)48-36-17-11-9-15-34(36)47(29-13-7-6-8-14-29)35-16-10-12-18-37(35)48/h6-22,25-27H,23-24H2,1-5H3. The lowest BCUT2D eigenvalue weighted by atomic mass is 9.34. The van der Waals surface area contributed by atoms with Gasteiger partial charge in [0, 0.05) is 28.8 Å². The number of benzene rings is 6. The van der Waals surface area contributed by atoms with Gasteiger partial charge in [0.05, 0.1) is 28.4 Å². The maximum absolute atomic E-state index is 7.28. The Labute approximate surface area is 295 Å². The van der Waals surface area contributed by atoms with E-state index in [0.29, 0.717) is 0 Å². The van der Waals surface area contributed by atoms with E-state index in [9.17, 15) is 0 Å². The highest BCUT2D eigenvalue weighted by Crippen LogP contribution is 2.56. The number of nitrogens with zero attached hydrogens (tertiary/aromatic N) is 2. The van der Waals surface area contributed by atoms with Crippen LogP contribution >= 0.6 is 0 Å². The van der Waals surface area contributed by atoms with Crippen LogP contribution in [0.4, 0.5) is 34.1 Å². The second-order valence-electron chi connectivity index (χ2n) is 15.7. The summed E-state index contributed by atoms with van der Waals surface area (Å²) in [5.74, 6) is 3.67. The zero-order valence-corrected chi connectivity index (χ0v) is 29.2. The van der Waals surface area contributed by atoms with Gasteiger partial charge in [0.25, 0.3) is 6.71 Å². The van der Waals surface area contributed by atoms with Crippen molar-refractivity contribution in [3.05, 3.63) is 138 Å². The van der Waals surface area contributed by atoms with E-state index in [4.69, 9.17) is 9.47 Å². The molecule has 1 aliphatic carbocycles. The summed E-state index contributed by atoms with van der Waals surface area (Å²) in [5, 5.41) is 0. The fourth-order valence-electron chi connectivity index (χ4n) is 9.00. The zero-order chi connectivity index (χ0) is 33.9. The Kier molecular flexibility index (Phi) is 6.08. The summed E-state index contributed by atoms with van der Waals surface area (Å²) in [6.45, 7) is 11.7. The lowest BCUT2D eigenvalue weighted by Crippen LogP contribution is -2.58. The van der Waals surface area contributed by atoms with E-state index in [1.54, 1.807) is 0 Å². The summed E-state index contributed by atoms with van der Waals surface area (Å²) in [6, 6.07) is 43.8. The number of hydrogen-bond donors (Lipinski definition) is 0. The first-order chi connectivity index (χ1) is 24.2. The van der Waals surface area contributed by atoms with Crippen LogP contribution in [0.5, 0.6) is 23.0 Å². The first-order valence-electron chi connectivity index (χ1n) is 17.9. The molecule has 244 valence electrons. The number of fused-ring (bicyclic) bond motifs is 8. The molecule has 0 saturated carbocycles. The number of rotatable bonds is 2. The zero-order valence-electron chi connectivity index (χ0n) is 29.2. The van der Waals surface area contributed by atoms with E-state index in [-0.39, 0.29) is 17.5 Å². The molecule has 6 aromatic carbocycles. The molecule has 0 saturated heterocycles. The Balaban J connectivity index is 1.22. The predicted molar refractivity (Wildman–Crippen MR) is 207 cm³/mol. The van der Waals surface area contributed by atoms with E-state index in [0.717, 1.165) is 75.4 Å². The molecule has 10 rings (SSSR count). The quantitative estimate of drug-likeness (QED) is 0.174. The van der Waals surface area contributed by atoms with Crippen LogP contribution in [-0.4, -0.2) is 6.71 Å². The van der Waals surface area contributed by atoms with E-state index in [1.165, 1.54) is 27.6 Å². The van der Waals surface area contributed by atoms with Gasteiger partial charge in [0.1, 0.15) is 23.0 Å². The molecule has 3 heterocycles. The third-order valence-electron chi connectivity index (χ3n) is 11.6. The van der Waals surface area contributed by atoms with Crippen LogP contribution in [-0.2, 0) is 10.8 Å². The molecular weight excluding hydrogens is 611 g/mol. The lowest BCUT2D eigenvalue weighted by molar-refractivity contribution is 0.320. The second-order valence-corrected chi connectivity index (χ2v) is 15.7. The van der Waals surface area contributed by atoms with Gasteiger partial charge in [-0.1, -0.05) is 100.0 Å². The van der Waals surface area contributed by atoms with Crippen LogP contribution in [0, 0.1) is 6.92 Å². The van der Waals surface area contributed by atoms with Crippen molar-refractivity contribution in [2.24, 2.45) is 0 Å². The first-order valence-corrected chi connectivity index (χ1v) is 17.9. The van der Waals surface area contributed by atoms with Crippen molar-refractivity contribution in [1.29, 1.82) is 0 Å². The Morgan fingerprint density at radius 1 is 0.540 bits per heavy atom. The van der Waals surface area contributed by atoms with Crippen LogP contribution in [0.25, 0.3) is 0 Å². The van der Waals surface area contributed by atoms with Crippen LogP contribution < -0.4 is 35.7 Å². The molecule has 50 heavy (non-hydrogen) atoms. The summed E-state index contributed by atoms with van der Waals surface area (Å²) in [4.78, 5) is 4.73. The minimum Gasteiger partial charge on any atom is -0.458 e. The van der Waals surface area contributed by atoms with Crippen LogP contribution in [0.2, 0.25) is 0 Å². The molecule has 0 bridgehead atoms. The molecule has 5 heteroatoms. The van der Waals surface area contributed by atoms with Gasteiger partial charge >= 0.3 is 0 Å². The molecule has 0 atom stereocenters. The second kappa shape index (κ2) is 10.3. The van der Waals surface area contributed by atoms with Crippen molar-refractivity contribution < 1.29 is 9.47 Å². The van der Waals surface area contributed by atoms with E-state index >= 15 is 0 Å². The summed E-state index contributed by atoms with van der Waals surface area (Å²) < 4.78 is 14.1. The largest absolute Gasteiger partial charge is 0.458 e.